The zero-order valence-corrected chi connectivity index (χ0v) is 10.7. The fraction of sp³-hybridized carbons (Fsp3) is 0.0625. The van der Waals surface area contributed by atoms with E-state index in [-0.39, 0.29) is 11.6 Å². The van der Waals surface area contributed by atoms with Crippen LogP contribution in [0.5, 0.6) is 0 Å². The number of nitrogens with one attached hydrogen (secondary N) is 1. The summed E-state index contributed by atoms with van der Waals surface area (Å²) >= 11 is 0. The first-order valence-corrected chi connectivity index (χ1v) is 6.31. The third-order valence-corrected chi connectivity index (χ3v) is 3.45. The largest absolute Gasteiger partial charge is 0.478 e. The monoisotopic (exact) mass is 266 g/mol. The number of carboxylic acids is 1. The number of nitrogens with two attached hydrogens (primary N) is 1. The number of H-pyrrole nitrogens is 1. The molecule has 0 fully saturated rings. The molecule has 3 rings (SSSR count). The van der Waals surface area contributed by atoms with E-state index in [4.69, 9.17) is 10.8 Å². The molecular formula is C16H14N2O2. The predicted molar refractivity (Wildman–Crippen MR) is 77.7 cm³/mol. The summed E-state index contributed by atoms with van der Waals surface area (Å²) in [5.41, 5.74) is 9.30. The number of hydrogen-bond acceptors (Lipinski definition) is 2. The number of carbonyl (C=O) groups is 1. The molecule has 3 aromatic rings. The topological polar surface area (TPSA) is 79.1 Å². The van der Waals surface area contributed by atoms with Crippen molar-refractivity contribution >= 4 is 16.9 Å². The van der Waals surface area contributed by atoms with E-state index >= 15 is 0 Å². The van der Waals surface area contributed by atoms with E-state index in [1.165, 1.54) is 0 Å². The van der Waals surface area contributed by atoms with E-state index in [9.17, 15) is 4.79 Å². The summed E-state index contributed by atoms with van der Waals surface area (Å²) in [6.45, 7) is 0. The molecule has 1 aromatic heterocycles. The highest BCUT2D eigenvalue weighted by atomic mass is 16.4. The zero-order valence-electron chi connectivity index (χ0n) is 10.7. The number of aromatic carboxylic acids is 1. The first-order valence-electron chi connectivity index (χ1n) is 6.31. The number of aromatic amines is 1. The van der Waals surface area contributed by atoms with Crippen LogP contribution in [0.2, 0.25) is 0 Å². The van der Waals surface area contributed by atoms with E-state index < -0.39 is 5.97 Å². The second-order valence-electron chi connectivity index (χ2n) is 4.70. The van der Waals surface area contributed by atoms with Gasteiger partial charge in [0, 0.05) is 17.1 Å². The van der Waals surface area contributed by atoms with Gasteiger partial charge >= 0.3 is 5.97 Å². The Bertz CT molecular complexity index is 777. The Labute approximate surface area is 115 Å². The van der Waals surface area contributed by atoms with Crippen molar-refractivity contribution in [1.29, 1.82) is 0 Å². The second-order valence-corrected chi connectivity index (χ2v) is 4.70. The number of hydrogen-bond donors (Lipinski definition) is 3. The highest BCUT2D eigenvalue weighted by Crippen LogP contribution is 2.27. The fourth-order valence-electron chi connectivity index (χ4n) is 2.40. The van der Waals surface area contributed by atoms with Gasteiger partial charge in [-0.2, -0.15) is 0 Å². The van der Waals surface area contributed by atoms with Crippen LogP contribution in [0, 0.1) is 0 Å². The highest BCUT2D eigenvalue weighted by Gasteiger charge is 2.15. The Morgan fingerprint density at radius 3 is 2.75 bits per heavy atom. The van der Waals surface area contributed by atoms with Crippen molar-refractivity contribution < 1.29 is 9.90 Å². The van der Waals surface area contributed by atoms with Crippen LogP contribution in [0.1, 0.15) is 27.5 Å². The van der Waals surface area contributed by atoms with Gasteiger partial charge in [-0.15, -0.1) is 0 Å². The van der Waals surface area contributed by atoms with Crippen LogP contribution < -0.4 is 5.73 Å². The van der Waals surface area contributed by atoms with Gasteiger partial charge in [-0.3, -0.25) is 0 Å². The molecule has 0 saturated heterocycles. The number of benzene rings is 2. The van der Waals surface area contributed by atoms with Crippen LogP contribution >= 0.6 is 0 Å². The van der Waals surface area contributed by atoms with Gasteiger partial charge in [0.2, 0.25) is 0 Å². The number of rotatable bonds is 3. The Morgan fingerprint density at radius 2 is 1.95 bits per heavy atom. The molecule has 0 bridgehead atoms. The normalized spacial score (nSPS) is 12.4. The Hall–Kier alpha value is -2.59. The quantitative estimate of drug-likeness (QED) is 0.682. The van der Waals surface area contributed by atoms with Crippen LogP contribution in [0.3, 0.4) is 0 Å². The van der Waals surface area contributed by atoms with Crippen LogP contribution in [-0.2, 0) is 0 Å². The van der Waals surface area contributed by atoms with Crippen molar-refractivity contribution in [3.05, 3.63) is 71.4 Å². The van der Waals surface area contributed by atoms with Gasteiger partial charge in [-0.25, -0.2) is 4.79 Å². The van der Waals surface area contributed by atoms with Gasteiger partial charge in [-0.1, -0.05) is 30.3 Å². The molecule has 0 spiro atoms. The molecule has 1 atom stereocenters. The van der Waals surface area contributed by atoms with E-state index in [1.54, 1.807) is 18.2 Å². The molecule has 100 valence electrons. The summed E-state index contributed by atoms with van der Waals surface area (Å²) in [5.74, 6) is -0.946. The molecule has 0 radical (unpaired) electrons. The molecular weight excluding hydrogens is 252 g/mol. The summed E-state index contributed by atoms with van der Waals surface area (Å²) < 4.78 is 0. The minimum atomic E-state index is -0.946. The van der Waals surface area contributed by atoms with Gasteiger partial charge in [0.05, 0.1) is 11.6 Å². The maximum absolute atomic E-state index is 11.0. The average Bonchev–Trinajstić information content (AvgIpc) is 2.90. The smallest absolute Gasteiger partial charge is 0.335 e. The third kappa shape index (κ3) is 2.06. The SMILES string of the molecule is NC(c1cccc(C(=O)O)c1)c1c[nH]c2ccccc12. The van der Waals surface area contributed by atoms with Gasteiger partial charge < -0.3 is 15.8 Å². The summed E-state index contributed by atoms with van der Waals surface area (Å²) in [7, 11) is 0. The van der Waals surface area contributed by atoms with E-state index in [2.05, 4.69) is 4.98 Å². The average molecular weight is 266 g/mol. The molecule has 1 heterocycles. The van der Waals surface area contributed by atoms with Gasteiger partial charge in [0.25, 0.3) is 0 Å². The molecule has 0 amide bonds. The first kappa shape index (κ1) is 12.4. The molecule has 0 saturated carbocycles. The number of carboxylic acid groups (broad SMARTS) is 1. The van der Waals surface area contributed by atoms with Gasteiger partial charge in [-0.05, 0) is 29.3 Å². The second kappa shape index (κ2) is 4.83. The lowest BCUT2D eigenvalue weighted by Crippen LogP contribution is -2.12. The Kier molecular flexibility index (Phi) is 3.00. The lowest BCUT2D eigenvalue weighted by Gasteiger charge is -2.12. The molecule has 0 aliphatic carbocycles. The van der Waals surface area contributed by atoms with Crippen molar-refractivity contribution in [3.63, 3.8) is 0 Å². The minimum absolute atomic E-state index is 0.248. The Morgan fingerprint density at radius 1 is 1.15 bits per heavy atom. The standard InChI is InChI=1S/C16H14N2O2/c17-15(10-4-3-5-11(8-10)16(19)20)13-9-18-14-7-2-1-6-12(13)14/h1-9,15,18H,17H2,(H,19,20). The van der Waals surface area contributed by atoms with Crippen LogP contribution in [0.15, 0.2) is 54.7 Å². The van der Waals surface area contributed by atoms with E-state index in [1.807, 2.05) is 36.5 Å². The molecule has 20 heavy (non-hydrogen) atoms. The fourth-order valence-corrected chi connectivity index (χ4v) is 2.40. The molecule has 4 heteroatoms. The highest BCUT2D eigenvalue weighted by molar-refractivity contribution is 5.88. The zero-order chi connectivity index (χ0) is 14.1. The first-order chi connectivity index (χ1) is 9.66. The number of aromatic nitrogens is 1. The maximum atomic E-state index is 11.0. The van der Waals surface area contributed by atoms with Crippen LogP contribution in [0.4, 0.5) is 0 Å². The van der Waals surface area contributed by atoms with Crippen molar-refractivity contribution in [1.82, 2.24) is 4.98 Å². The number of fused-ring (bicyclic) bond motifs is 1. The van der Waals surface area contributed by atoms with Crippen molar-refractivity contribution in [2.75, 3.05) is 0 Å². The van der Waals surface area contributed by atoms with E-state index in [0.29, 0.717) is 0 Å². The molecule has 2 aromatic carbocycles. The van der Waals surface area contributed by atoms with Crippen molar-refractivity contribution in [2.24, 2.45) is 5.73 Å². The molecule has 1 unspecified atom stereocenters. The van der Waals surface area contributed by atoms with Gasteiger partial charge in [0.1, 0.15) is 0 Å². The number of para-hydroxylation sites is 1. The third-order valence-electron chi connectivity index (χ3n) is 3.45. The summed E-state index contributed by atoms with van der Waals surface area (Å²) in [5, 5.41) is 10.1. The van der Waals surface area contributed by atoms with Gasteiger partial charge in [0.15, 0.2) is 0 Å². The Balaban J connectivity index is 2.06. The molecule has 0 aliphatic rings. The minimum Gasteiger partial charge on any atom is -0.478 e. The summed E-state index contributed by atoms with van der Waals surface area (Å²) in [6.07, 6.45) is 1.88. The summed E-state index contributed by atoms with van der Waals surface area (Å²) in [4.78, 5) is 14.2. The van der Waals surface area contributed by atoms with Crippen LogP contribution in [-0.4, -0.2) is 16.1 Å². The van der Waals surface area contributed by atoms with E-state index in [0.717, 1.165) is 22.0 Å². The molecule has 4 nitrogen and oxygen atoms in total. The predicted octanol–water partition coefficient (Wildman–Crippen LogP) is 2.91. The molecule has 0 aliphatic heterocycles. The maximum Gasteiger partial charge on any atom is 0.335 e. The van der Waals surface area contributed by atoms with Crippen molar-refractivity contribution in [2.45, 2.75) is 6.04 Å². The summed E-state index contributed by atoms with van der Waals surface area (Å²) in [6, 6.07) is 14.3. The lowest BCUT2D eigenvalue weighted by atomic mass is 9.97. The van der Waals surface area contributed by atoms with Crippen molar-refractivity contribution in [3.8, 4) is 0 Å². The van der Waals surface area contributed by atoms with Crippen LogP contribution in [0.25, 0.3) is 10.9 Å². The lowest BCUT2D eigenvalue weighted by molar-refractivity contribution is 0.0697. The molecule has 4 N–H and O–H groups in total.